The van der Waals surface area contributed by atoms with Gasteiger partial charge in [-0.15, -0.1) is 0 Å². The fourth-order valence-corrected chi connectivity index (χ4v) is 6.15. The average molecular weight is 454 g/mol. The van der Waals surface area contributed by atoms with Crippen molar-refractivity contribution >= 4 is 0 Å². The van der Waals surface area contributed by atoms with Crippen LogP contribution < -0.4 is 0 Å². The molecule has 0 aromatic heterocycles. The summed E-state index contributed by atoms with van der Waals surface area (Å²) in [6.45, 7) is 0. The minimum Gasteiger partial charge on any atom is -0.508 e. The Morgan fingerprint density at radius 2 is 0.882 bits per heavy atom. The standard InChI is InChI=1S/C28H22O6/c29-15-5-1-13(2-6-15)23-25-19(9-17(31)11-21(25)33)28-24(14-3-7-16(30)8-4-14)27(23)20-10-18(32)12-22(34)26(20)28/h1-12,23-24,27-34H/t23-,24+,27-,28+/m1/s1. The maximum atomic E-state index is 11.0. The summed E-state index contributed by atoms with van der Waals surface area (Å²) in [5.74, 6) is -1.29. The monoisotopic (exact) mass is 454 g/mol. The maximum Gasteiger partial charge on any atom is 0.123 e. The Labute approximate surface area is 195 Å². The molecule has 0 radical (unpaired) electrons. The fraction of sp³-hybridized carbons (Fsp3) is 0.143. The van der Waals surface area contributed by atoms with Crippen LogP contribution in [0.15, 0.2) is 72.8 Å². The summed E-state index contributed by atoms with van der Waals surface area (Å²) >= 11 is 0. The molecule has 4 aromatic rings. The molecule has 0 saturated heterocycles. The molecule has 0 spiro atoms. The first kappa shape index (κ1) is 20.3. The molecule has 0 unspecified atom stereocenters. The van der Waals surface area contributed by atoms with E-state index in [9.17, 15) is 30.6 Å². The Balaban J connectivity index is 1.72. The predicted molar refractivity (Wildman–Crippen MR) is 125 cm³/mol. The van der Waals surface area contributed by atoms with Gasteiger partial charge in [0.2, 0.25) is 0 Å². The fourth-order valence-electron chi connectivity index (χ4n) is 6.15. The van der Waals surface area contributed by atoms with Crippen molar-refractivity contribution in [1.29, 1.82) is 0 Å². The first-order chi connectivity index (χ1) is 16.3. The molecule has 6 heteroatoms. The lowest BCUT2D eigenvalue weighted by Crippen LogP contribution is -2.26. The van der Waals surface area contributed by atoms with Gasteiger partial charge in [-0.1, -0.05) is 24.3 Å². The van der Waals surface area contributed by atoms with Gasteiger partial charge in [0, 0.05) is 46.9 Å². The molecule has 4 atom stereocenters. The molecule has 0 heterocycles. The molecule has 0 saturated carbocycles. The second-order valence-electron chi connectivity index (χ2n) is 9.13. The zero-order chi connectivity index (χ0) is 23.7. The van der Waals surface area contributed by atoms with Crippen molar-refractivity contribution in [2.75, 3.05) is 0 Å². The molecule has 6 rings (SSSR count). The van der Waals surface area contributed by atoms with E-state index in [4.69, 9.17) is 0 Å². The maximum absolute atomic E-state index is 11.0. The van der Waals surface area contributed by atoms with Gasteiger partial charge in [-0.25, -0.2) is 0 Å². The van der Waals surface area contributed by atoms with E-state index < -0.39 is 11.8 Å². The highest BCUT2D eigenvalue weighted by molar-refractivity contribution is 5.68. The quantitative estimate of drug-likeness (QED) is 0.251. The van der Waals surface area contributed by atoms with Crippen molar-refractivity contribution < 1.29 is 30.6 Å². The van der Waals surface area contributed by atoms with Crippen molar-refractivity contribution in [2.45, 2.75) is 23.7 Å². The molecule has 6 nitrogen and oxygen atoms in total. The summed E-state index contributed by atoms with van der Waals surface area (Å²) in [6, 6.07) is 19.6. The number of phenolic OH excluding ortho intramolecular Hbond substituents is 6. The molecule has 4 aromatic carbocycles. The normalized spacial score (nSPS) is 22.2. The number of hydrogen-bond donors (Lipinski definition) is 6. The van der Waals surface area contributed by atoms with Crippen LogP contribution in [0.2, 0.25) is 0 Å². The van der Waals surface area contributed by atoms with E-state index in [0.717, 1.165) is 16.7 Å². The van der Waals surface area contributed by atoms with Crippen LogP contribution in [0.25, 0.3) is 0 Å². The van der Waals surface area contributed by atoms with E-state index in [0.29, 0.717) is 16.7 Å². The summed E-state index contributed by atoms with van der Waals surface area (Å²) in [5, 5.41) is 62.6. The van der Waals surface area contributed by atoms with Crippen LogP contribution in [-0.4, -0.2) is 30.6 Å². The molecule has 2 bridgehead atoms. The van der Waals surface area contributed by atoms with E-state index in [1.807, 2.05) is 12.1 Å². The van der Waals surface area contributed by atoms with Crippen LogP contribution in [0, 0.1) is 0 Å². The van der Waals surface area contributed by atoms with Gasteiger partial charge in [0.25, 0.3) is 0 Å². The smallest absolute Gasteiger partial charge is 0.123 e. The van der Waals surface area contributed by atoms with Crippen LogP contribution in [-0.2, 0) is 0 Å². The van der Waals surface area contributed by atoms with Crippen molar-refractivity contribution in [3.05, 3.63) is 106 Å². The average Bonchev–Trinajstić information content (AvgIpc) is 3.05. The molecule has 6 N–H and O–H groups in total. The molecule has 0 fully saturated rings. The van der Waals surface area contributed by atoms with E-state index >= 15 is 0 Å². The minimum absolute atomic E-state index is 0.0496. The van der Waals surface area contributed by atoms with Gasteiger partial charge in [0.15, 0.2) is 0 Å². The first-order valence-electron chi connectivity index (χ1n) is 11.0. The van der Waals surface area contributed by atoms with Crippen molar-refractivity contribution in [3.63, 3.8) is 0 Å². The number of phenols is 6. The summed E-state index contributed by atoms with van der Waals surface area (Å²) in [7, 11) is 0. The third kappa shape index (κ3) is 2.81. The van der Waals surface area contributed by atoms with Crippen LogP contribution in [0.3, 0.4) is 0 Å². The Hall–Kier alpha value is -4.32. The molecular formula is C28H22O6. The SMILES string of the molecule is Oc1ccc([C@@H]2c3c(O)cc(O)cc3[C@@H]3c4c(O)cc(O)cc4[C@H]2[C@@H]3c2ccc(O)cc2)cc1. The van der Waals surface area contributed by atoms with Gasteiger partial charge < -0.3 is 30.6 Å². The summed E-state index contributed by atoms with van der Waals surface area (Å²) in [5.41, 5.74) is 4.48. The second kappa shape index (κ2) is 7.09. The molecule has 34 heavy (non-hydrogen) atoms. The molecule has 0 amide bonds. The zero-order valence-corrected chi connectivity index (χ0v) is 17.9. The lowest BCUT2D eigenvalue weighted by atomic mass is 9.63. The van der Waals surface area contributed by atoms with Crippen LogP contribution >= 0.6 is 0 Å². The van der Waals surface area contributed by atoms with Gasteiger partial charge >= 0.3 is 0 Å². The largest absolute Gasteiger partial charge is 0.508 e. The third-order valence-corrected chi connectivity index (χ3v) is 7.30. The zero-order valence-electron chi connectivity index (χ0n) is 17.9. The number of benzene rings is 4. The third-order valence-electron chi connectivity index (χ3n) is 7.30. The lowest BCUT2D eigenvalue weighted by Gasteiger charge is -2.40. The van der Waals surface area contributed by atoms with Gasteiger partial charge in [-0.05, 0) is 58.7 Å². The number of aromatic hydroxyl groups is 6. The Morgan fingerprint density at radius 1 is 0.412 bits per heavy atom. The molecule has 170 valence electrons. The summed E-state index contributed by atoms with van der Waals surface area (Å²) in [6.07, 6.45) is 0. The highest BCUT2D eigenvalue weighted by Crippen LogP contribution is 2.68. The van der Waals surface area contributed by atoms with E-state index in [1.54, 1.807) is 48.5 Å². The Kier molecular flexibility index (Phi) is 4.23. The van der Waals surface area contributed by atoms with Crippen LogP contribution in [0.5, 0.6) is 34.5 Å². The van der Waals surface area contributed by atoms with Gasteiger partial charge in [-0.3, -0.25) is 0 Å². The molecule has 0 aliphatic heterocycles. The highest BCUT2D eigenvalue weighted by atomic mass is 16.3. The predicted octanol–water partition coefficient (Wildman–Crippen LogP) is 5.08. The first-order valence-corrected chi connectivity index (χ1v) is 11.0. The number of rotatable bonds is 2. The van der Waals surface area contributed by atoms with Crippen LogP contribution in [0.1, 0.15) is 57.1 Å². The summed E-state index contributed by atoms with van der Waals surface area (Å²) in [4.78, 5) is 0. The molecular weight excluding hydrogens is 432 g/mol. The van der Waals surface area contributed by atoms with Crippen molar-refractivity contribution in [2.24, 2.45) is 0 Å². The topological polar surface area (TPSA) is 121 Å². The minimum atomic E-state index is -0.397. The van der Waals surface area contributed by atoms with Crippen LogP contribution in [0.4, 0.5) is 0 Å². The van der Waals surface area contributed by atoms with E-state index in [2.05, 4.69) is 0 Å². The lowest BCUT2D eigenvalue weighted by molar-refractivity contribution is 0.406. The van der Waals surface area contributed by atoms with E-state index in [1.165, 1.54) is 12.1 Å². The molecule has 2 aliphatic rings. The highest BCUT2D eigenvalue weighted by Gasteiger charge is 2.53. The van der Waals surface area contributed by atoms with Crippen molar-refractivity contribution in [3.8, 4) is 34.5 Å². The van der Waals surface area contributed by atoms with E-state index in [-0.39, 0.29) is 46.3 Å². The van der Waals surface area contributed by atoms with Gasteiger partial charge in [-0.2, -0.15) is 0 Å². The van der Waals surface area contributed by atoms with Gasteiger partial charge in [0.1, 0.15) is 34.5 Å². The summed E-state index contributed by atoms with van der Waals surface area (Å²) < 4.78 is 0. The second-order valence-corrected chi connectivity index (χ2v) is 9.13. The molecule has 2 aliphatic carbocycles. The number of hydrogen-bond acceptors (Lipinski definition) is 6. The number of fused-ring (bicyclic) bond motifs is 7. The van der Waals surface area contributed by atoms with Crippen molar-refractivity contribution in [1.82, 2.24) is 0 Å². The Bertz CT molecular complexity index is 1430. The van der Waals surface area contributed by atoms with Gasteiger partial charge in [0.05, 0.1) is 0 Å². The Morgan fingerprint density at radius 3 is 1.44 bits per heavy atom.